The van der Waals surface area contributed by atoms with Crippen LogP contribution in [0.1, 0.15) is 67.6 Å². The fourth-order valence-corrected chi connectivity index (χ4v) is 4.21. The Hall–Kier alpha value is -2.82. The normalized spacial score (nSPS) is 17.5. The lowest BCUT2D eigenvalue weighted by Gasteiger charge is -2.24. The molecular weight excluding hydrogens is 390 g/mol. The van der Waals surface area contributed by atoms with Gasteiger partial charge in [-0.25, -0.2) is 0 Å². The molecule has 0 aromatic heterocycles. The molecule has 0 aliphatic carbocycles. The number of amides is 1. The summed E-state index contributed by atoms with van der Waals surface area (Å²) in [7, 11) is 0. The number of aliphatic carboxylic acids is 1. The number of nitrogens with zero attached hydrogens (tertiary/aromatic N) is 1. The number of rotatable bonds is 8. The minimum Gasteiger partial charge on any atom is -0.487 e. The second-order valence-corrected chi connectivity index (χ2v) is 9.60. The van der Waals surface area contributed by atoms with Crippen molar-refractivity contribution in [1.82, 2.24) is 4.90 Å². The molecule has 166 valence electrons. The number of fused-ring (bicyclic) bond motifs is 1. The molecule has 1 heterocycles. The maximum absolute atomic E-state index is 13.0. The summed E-state index contributed by atoms with van der Waals surface area (Å²) in [5.74, 6) is 0.230. The third-order valence-electron chi connectivity index (χ3n) is 5.65. The van der Waals surface area contributed by atoms with Gasteiger partial charge in [-0.2, -0.15) is 0 Å². The average Bonchev–Trinajstić information content (AvgIpc) is 3.01. The van der Waals surface area contributed by atoms with E-state index >= 15 is 0 Å². The van der Waals surface area contributed by atoms with Crippen molar-refractivity contribution in [2.24, 2.45) is 5.92 Å². The van der Waals surface area contributed by atoms with E-state index in [1.807, 2.05) is 26.0 Å². The van der Waals surface area contributed by atoms with Crippen molar-refractivity contribution in [3.63, 3.8) is 0 Å². The van der Waals surface area contributed by atoms with Crippen LogP contribution in [0.25, 0.3) is 0 Å². The highest BCUT2D eigenvalue weighted by atomic mass is 16.5. The van der Waals surface area contributed by atoms with Gasteiger partial charge >= 0.3 is 5.97 Å². The Labute approximate surface area is 185 Å². The molecule has 0 saturated heterocycles. The molecule has 1 aliphatic rings. The van der Waals surface area contributed by atoms with Crippen LogP contribution in [0, 0.1) is 5.92 Å². The van der Waals surface area contributed by atoms with E-state index in [4.69, 9.17) is 4.74 Å². The summed E-state index contributed by atoms with van der Waals surface area (Å²) >= 11 is 0. The Morgan fingerprint density at radius 2 is 1.77 bits per heavy atom. The number of carbonyl (C=O) groups excluding carboxylic acids is 1. The van der Waals surface area contributed by atoms with Crippen LogP contribution in [-0.4, -0.2) is 40.6 Å². The van der Waals surface area contributed by atoms with Crippen LogP contribution in [0.5, 0.6) is 5.75 Å². The van der Waals surface area contributed by atoms with Gasteiger partial charge in [0.2, 0.25) is 0 Å². The monoisotopic (exact) mass is 423 g/mol. The van der Waals surface area contributed by atoms with Crippen LogP contribution >= 0.6 is 0 Å². The Morgan fingerprint density at radius 3 is 2.35 bits per heavy atom. The Morgan fingerprint density at radius 1 is 1.10 bits per heavy atom. The summed E-state index contributed by atoms with van der Waals surface area (Å²) in [4.78, 5) is 25.6. The zero-order valence-corrected chi connectivity index (χ0v) is 19.1. The van der Waals surface area contributed by atoms with E-state index in [1.165, 1.54) is 16.0 Å². The van der Waals surface area contributed by atoms with Gasteiger partial charge in [0.05, 0.1) is 0 Å². The number of ether oxygens (including phenoxy) is 1. The topological polar surface area (TPSA) is 66.8 Å². The van der Waals surface area contributed by atoms with Crippen LogP contribution < -0.4 is 4.74 Å². The number of carbonyl (C=O) groups is 2. The van der Waals surface area contributed by atoms with Crippen molar-refractivity contribution < 1.29 is 19.4 Å². The highest BCUT2D eigenvalue weighted by Crippen LogP contribution is 2.37. The average molecular weight is 424 g/mol. The highest BCUT2D eigenvalue weighted by molar-refractivity contribution is 5.96. The Kier molecular flexibility index (Phi) is 6.73. The first-order chi connectivity index (χ1) is 14.6. The van der Waals surface area contributed by atoms with Crippen molar-refractivity contribution in [1.29, 1.82) is 0 Å². The van der Waals surface area contributed by atoms with Gasteiger partial charge in [-0.05, 0) is 53.6 Å². The van der Waals surface area contributed by atoms with Gasteiger partial charge in [0.25, 0.3) is 5.91 Å². The fourth-order valence-electron chi connectivity index (χ4n) is 4.21. The second-order valence-electron chi connectivity index (χ2n) is 9.60. The first kappa shape index (κ1) is 22.9. The molecule has 2 aromatic carbocycles. The standard InChI is InChI=1S/C26H33NO4/c1-17(2)15-27(16-24(28)29)25(30)21-10-11-23-22(12-21)14-26(5,31-23)13-19-6-8-20(9-7-19)18(3)4/h6-12,17-18H,13-16H2,1-5H3,(H,28,29). The molecule has 1 unspecified atom stereocenters. The molecule has 5 nitrogen and oxygen atoms in total. The van der Waals surface area contributed by atoms with Crippen LogP contribution in [0.2, 0.25) is 0 Å². The molecule has 31 heavy (non-hydrogen) atoms. The first-order valence-electron chi connectivity index (χ1n) is 11.0. The van der Waals surface area contributed by atoms with Gasteiger partial charge in [0.1, 0.15) is 17.9 Å². The first-order valence-corrected chi connectivity index (χ1v) is 11.0. The molecule has 0 spiro atoms. The summed E-state index contributed by atoms with van der Waals surface area (Å²) in [5, 5.41) is 9.19. The van der Waals surface area contributed by atoms with Gasteiger partial charge in [0.15, 0.2) is 0 Å². The maximum Gasteiger partial charge on any atom is 0.323 e. The van der Waals surface area contributed by atoms with Gasteiger partial charge in [0, 0.05) is 24.9 Å². The van der Waals surface area contributed by atoms with Crippen LogP contribution in [0.3, 0.4) is 0 Å². The summed E-state index contributed by atoms with van der Waals surface area (Å²) in [5.41, 5.74) is 3.67. The third-order valence-corrected chi connectivity index (χ3v) is 5.65. The van der Waals surface area contributed by atoms with Crippen molar-refractivity contribution >= 4 is 11.9 Å². The molecule has 5 heteroatoms. The minimum atomic E-state index is -1.01. The summed E-state index contributed by atoms with van der Waals surface area (Å²) in [6, 6.07) is 14.1. The number of hydrogen-bond donors (Lipinski definition) is 1. The molecule has 1 atom stereocenters. The molecule has 0 fully saturated rings. The summed E-state index contributed by atoms with van der Waals surface area (Å²) in [6.07, 6.45) is 1.49. The van der Waals surface area contributed by atoms with E-state index < -0.39 is 5.97 Å². The molecule has 0 radical (unpaired) electrons. The lowest BCUT2D eigenvalue weighted by Crippen LogP contribution is -2.38. The van der Waals surface area contributed by atoms with Gasteiger partial charge in [-0.3, -0.25) is 9.59 Å². The molecule has 1 N–H and O–H groups in total. The third kappa shape index (κ3) is 5.66. The molecule has 1 amide bonds. The van der Waals surface area contributed by atoms with E-state index in [-0.39, 0.29) is 24.0 Å². The van der Waals surface area contributed by atoms with Crippen LogP contribution in [0.15, 0.2) is 42.5 Å². The van der Waals surface area contributed by atoms with Crippen molar-refractivity contribution in [2.75, 3.05) is 13.1 Å². The van der Waals surface area contributed by atoms with Crippen molar-refractivity contribution in [2.45, 2.75) is 59.0 Å². The smallest absolute Gasteiger partial charge is 0.323 e. The number of hydrogen-bond acceptors (Lipinski definition) is 3. The molecule has 0 bridgehead atoms. The van der Waals surface area contributed by atoms with Crippen LogP contribution in [-0.2, 0) is 17.6 Å². The summed E-state index contributed by atoms with van der Waals surface area (Å²) in [6.45, 7) is 10.5. The van der Waals surface area contributed by atoms with E-state index in [1.54, 1.807) is 6.07 Å². The quantitative estimate of drug-likeness (QED) is 0.654. The zero-order valence-electron chi connectivity index (χ0n) is 19.1. The lowest BCUT2D eigenvalue weighted by molar-refractivity contribution is -0.137. The van der Waals surface area contributed by atoms with E-state index in [0.717, 1.165) is 17.7 Å². The highest BCUT2D eigenvalue weighted by Gasteiger charge is 2.35. The van der Waals surface area contributed by atoms with Crippen molar-refractivity contribution in [3.05, 3.63) is 64.7 Å². The van der Waals surface area contributed by atoms with Gasteiger partial charge < -0.3 is 14.7 Å². The molecule has 1 aliphatic heterocycles. The van der Waals surface area contributed by atoms with E-state index in [9.17, 15) is 14.7 Å². The molecule has 0 saturated carbocycles. The predicted octanol–water partition coefficient (Wildman–Crippen LogP) is 4.93. The molecule has 3 rings (SSSR count). The maximum atomic E-state index is 13.0. The zero-order chi connectivity index (χ0) is 22.8. The fraction of sp³-hybridized carbons (Fsp3) is 0.462. The second kappa shape index (κ2) is 9.13. The SMILES string of the molecule is CC(C)CN(CC(=O)O)C(=O)c1ccc2c(c1)CC(C)(Cc1ccc(C(C)C)cc1)O2. The lowest BCUT2D eigenvalue weighted by atomic mass is 9.90. The minimum absolute atomic E-state index is 0.187. The van der Waals surface area contributed by atoms with Gasteiger partial charge in [-0.1, -0.05) is 52.0 Å². The molecular formula is C26H33NO4. The van der Waals surface area contributed by atoms with Crippen LogP contribution in [0.4, 0.5) is 0 Å². The predicted molar refractivity (Wildman–Crippen MR) is 122 cm³/mol. The molecule has 2 aromatic rings. The number of carboxylic acids is 1. The van der Waals surface area contributed by atoms with Crippen molar-refractivity contribution in [3.8, 4) is 5.75 Å². The Balaban J connectivity index is 1.75. The van der Waals surface area contributed by atoms with Gasteiger partial charge in [-0.15, -0.1) is 0 Å². The number of benzene rings is 2. The van der Waals surface area contributed by atoms with E-state index in [0.29, 0.717) is 24.4 Å². The largest absolute Gasteiger partial charge is 0.487 e. The summed E-state index contributed by atoms with van der Waals surface area (Å²) < 4.78 is 6.28. The Bertz CT molecular complexity index is 948. The number of carboxylic acid groups (broad SMARTS) is 1. The van der Waals surface area contributed by atoms with E-state index in [2.05, 4.69) is 45.0 Å².